The number of benzene rings is 5. The van der Waals surface area contributed by atoms with Crippen molar-refractivity contribution in [2.45, 2.75) is 69.0 Å². The molecule has 0 spiro atoms. The molecule has 0 radical (unpaired) electrons. The number of hydrogen-bond donors (Lipinski definition) is 7. The van der Waals surface area contributed by atoms with Crippen molar-refractivity contribution in [1.82, 2.24) is 20.4 Å². The molecule has 7 rings (SSSR count). The Morgan fingerprint density at radius 3 is 1.19 bits per heavy atom. The van der Waals surface area contributed by atoms with Crippen LogP contribution in [-0.2, 0) is 54.6 Å². The molecule has 5 aromatic carbocycles. The van der Waals surface area contributed by atoms with Crippen molar-refractivity contribution in [2.24, 2.45) is 27.2 Å². The van der Waals surface area contributed by atoms with Crippen LogP contribution in [0.2, 0.25) is 0 Å². The third kappa shape index (κ3) is 25.0. The van der Waals surface area contributed by atoms with Gasteiger partial charge in [0.05, 0.1) is 37.8 Å². The van der Waals surface area contributed by atoms with Crippen LogP contribution >= 0.6 is 71.9 Å². The zero-order valence-corrected chi connectivity index (χ0v) is 45.6. The van der Waals surface area contributed by atoms with Crippen LogP contribution in [0.4, 0.5) is 26.3 Å². The lowest BCUT2D eigenvalue weighted by atomic mass is 10.1. The first kappa shape index (κ1) is 66.5. The fourth-order valence-electron chi connectivity index (χ4n) is 6.89. The molecule has 10 N–H and O–H groups in total. The van der Waals surface area contributed by atoms with Crippen LogP contribution in [0.25, 0.3) is 0 Å². The molecule has 0 atom stereocenters. The Morgan fingerprint density at radius 2 is 0.880 bits per heavy atom. The highest BCUT2D eigenvalue weighted by Crippen LogP contribution is 2.31. The predicted molar refractivity (Wildman–Crippen MR) is 311 cm³/mol. The van der Waals surface area contributed by atoms with E-state index in [1.54, 1.807) is 23.5 Å². The number of nitrogens with one attached hydrogen (secondary N) is 4. The Labute approximate surface area is 466 Å². The van der Waals surface area contributed by atoms with Crippen LogP contribution in [0.15, 0.2) is 131 Å². The fraction of sp³-hybridized carbons (Fsp3) is 0.346. The fourth-order valence-corrected chi connectivity index (χ4v) is 9.85. The maximum atomic E-state index is 12.8. The van der Waals surface area contributed by atoms with Gasteiger partial charge in [-0.15, -0.1) is 24.8 Å². The summed E-state index contributed by atoms with van der Waals surface area (Å²) >= 11 is 5.88. The predicted octanol–water partition coefficient (Wildman–Crippen LogP) is 11.9. The molecule has 0 bridgehead atoms. The van der Waals surface area contributed by atoms with Crippen LogP contribution in [0, 0.1) is 17.7 Å². The lowest BCUT2D eigenvalue weighted by Crippen LogP contribution is -2.42. The van der Waals surface area contributed by atoms with E-state index >= 15 is 0 Å². The van der Waals surface area contributed by atoms with Crippen molar-refractivity contribution in [3.63, 3.8) is 0 Å². The number of aryl methyl sites for hydroxylation is 1. The van der Waals surface area contributed by atoms with E-state index in [1.165, 1.54) is 70.0 Å². The number of nitrogens with two attached hydrogens (primary N) is 3. The molecule has 0 saturated heterocycles. The second kappa shape index (κ2) is 34.2. The molecule has 5 aromatic rings. The minimum atomic E-state index is -4.32. The van der Waals surface area contributed by atoms with Gasteiger partial charge in [-0.25, -0.2) is 9.98 Å². The van der Waals surface area contributed by atoms with E-state index in [0.717, 1.165) is 81.3 Å². The second-order valence-electron chi connectivity index (χ2n) is 16.5. The molecule has 0 saturated carbocycles. The van der Waals surface area contributed by atoms with E-state index in [4.69, 9.17) is 28.0 Å². The molecule has 0 aliphatic carbocycles. The summed E-state index contributed by atoms with van der Waals surface area (Å²) in [6.07, 6.45) is -6.38. The van der Waals surface area contributed by atoms with Crippen LogP contribution in [0.3, 0.4) is 0 Å². The third-order valence-corrected chi connectivity index (χ3v) is 14.6. The van der Waals surface area contributed by atoms with Gasteiger partial charge in [-0.05, 0) is 95.9 Å². The topological polar surface area (TPSA) is 181 Å². The number of alkyl halides is 6. The van der Waals surface area contributed by atoms with Crippen molar-refractivity contribution >= 4 is 92.5 Å². The number of hydrogen-bond acceptors (Lipinski definition) is 13. The molecule has 2 heterocycles. The van der Waals surface area contributed by atoms with Gasteiger partial charge in [-0.3, -0.25) is 20.6 Å². The summed E-state index contributed by atoms with van der Waals surface area (Å²) in [4.78, 5) is 13.5. The number of halogens is 8. The average molecular weight is 1160 g/mol. The monoisotopic (exact) mass is 1160 g/mol. The summed E-state index contributed by atoms with van der Waals surface area (Å²) < 4.78 is 76.7. The van der Waals surface area contributed by atoms with Gasteiger partial charge in [0.2, 0.25) is 0 Å². The van der Waals surface area contributed by atoms with Crippen molar-refractivity contribution in [3.8, 4) is 0 Å². The summed E-state index contributed by atoms with van der Waals surface area (Å²) in [7, 11) is 0. The van der Waals surface area contributed by atoms with E-state index in [9.17, 15) is 26.3 Å². The lowest BCUT2D eigenvalue weighted by Gasteiger charge is -2.27. The van der Waals surface area contributed by atoms with Crippen molar-refractivity contribution in [1.29, 1.82) is 10.8 Å². The summed E-state index contributed by atoms with van der Waals surface area (Å²) in [5.74, 6) is 2.88. The highest BCUT2D eigenvalue weighted by Gasteiger charge is 2.31. The summed E-state index contributed by atoms with van der Waals surface area (Å²) in [5, 5.41) is 23.0. The first-order valence-electron chi connectivity index (χ1n) is 22.9. The number of nitrogens with zero attached hydrogens (tertiary/aromatic N) is 4. The average Bonchev–Trinajstić information content (AvgIpc) is 3.37. The van der Waals surface area contributed by atoms with Crippen LogP contribution in [0.5, 0.6) is 0 Å². The number of thioether (sulfide) groups is 4. The summed E-state index contributed by atoms with van der Waals surface area (Å²) in [5.41, 5.74) is 23.8. The molecule has 0 fully saturated rings. The molecule has 410 valence electrons. The van der Waals surface area contributed by atoms with Crippen LogP contribution < -0.4 is 27.8 Å². The van der Waals surface area contributed by atoms with Gasteiger partial charge >= 0.3 is 12.4 Å². The molecule has 23 heteroatoms. The van der Waals surface area contributed by atoms with E-state index in [0.29, 0.717) is 64.1 Å². The highest BCUT2D eigenvalue weighted by molar-refractivity contribution is 8.14. The smallest absolute Gasteiger partial charge is 0.379 e. The SMILES string of the molecule is C.Cc1ccc(CCN)cc1.Cl.Cl.FC(F)(F)c1ccc(CCN2CN=C(SCc3ccccc3CSC3=NCN(CCc4ccc(C(F)(F)F)cc4)CN3)NC2)cc1.N=C(N)SCc1ccccc1CSC(=N)N. The van der Waals surface area contributed by atoms with Gasteiger partial charge < -0.3 is 27.8 Å². The zero-order valence-electron chi connectivity index (χ0n) is 40.7. The van der Waals surface area contributed by atoms with Crippen molar-refractivity contribution in [3.05, 3.63) is 177 Å². The van der Waals surface area contributed by atoms with Gasteiger partial charge in [0.1, 0.15) is 0 Å². The van der Waals surface area contributed by atoms with Crippen LogP contribution in [0.1, 0.15) is 63.1 Å². The molecule has 11 nitrogen and oxygen atoms in total. The van der Waals surface area contributed by atoms with Gasteiger partial charge in [0.25, 0.3) is 0 Å². The summed E-state index contributed by atoms with van der Waals surface area (Å²) in [6.45, 7) is 6.51. The largest absolute Gasteiger partial charge is 0.416 e. The first-order chi connectivity index (χ1) is 34.4. The Hall–Kier alpha value is -4.58. The van der Waals surface area contributed by atoms with Gasteiger partial charge in [-0.1, -0.05) is 157 Å². The number of rotatable bonds is 16. The third-order valence-electron chi connectivity index (χ3n) is 11.0. The molecule has 0 amide bonds. The molecule has 0 unspecified atom stereocenters. The normalized spacial score (nSPS) is 13.5. The van der Waals surface area contributed by atoms with Crippen molar-refractivity contribution < 1.29 is 26.3 Å². The Kier molecular flexibility index (Phi) is 30.4. The first-order valence-corrected chi connectivity index (χ1v) is 26.8. The van der Waals surface area contributed by atoms with E-state index in [1.807, 2.05) is 36.4 Å². The maximum absolute atomic E-state index is 12.8. The van der Waals surface area contributed by atoms with Gasteiger partial charge in [0, 0.05) is 36.1 Å². The Balaban J connectivity index is 0.000000544. The van der Waals surface area contributed by atoms with E-state index in [-0.39, 0.29) is 42.6 Å². The molecular formula is C52H67Cl2F6N11S4. The maximum Gasteiger partial charge on any atom is 0.416 e. The minimum absolute atomic E-state index is 0. The van der Waals surface area contributed by atoms with Crippen LogP contribution in [-0.4, -0.2) is 76.8 Å². The Morgan fingerprint density at radius 1 is 0.547 bits per heavy atom. The lowest BCUT2D eigenvalue weighted by molar-refractivity contribution is -0.138. The second-order valence-corrected chi connectivity index (χ2v) is 20.5. The molecular weight excluding hydrogens is 1090 g/mol. The van der Waals surface area contributed by atoms with Gasteiger partial charge in [-0.2, -0.15) is 26.3 Å². The number of aliphatic imine (C=N–C) groups is 2. The minimum Gasteiger partial charge on any atom is -0.379 e. The zero-order chi connectivity index (χ0) is 51.9. The highest BCUT2D eigenvalue weighted by atomic mass is 35.5. The molecule has 2 aliphatic rings. The molecule has 0 aromatic heterocycles. The van der Waals surface area contributed by atoms with Crippen molar-refractivity contribution in [2.75, 3.05) is 46.3 Å². The summed E-state index contributed by atoms with van der Waals surface area (Å²) in [6, 6.07) is 35.3. The quantitative estimate of drug-likeness (QED) is 0.0284. The van der Waals surface area contributed by atoms with Gasteiger partial charge in [0.15, 0.2) is 20.7 Å². The standard InChI is InChI=1S/C32H34F6N6S2.C10H14N4S2.C9H13N.CH4.2ClH/c33-31(34,35)27-9-5-23(6-10-27)13-15-43-19-39-29(40-20-43)45-17-25-3-1-2-4-26(25)18-46-30-41-21-44(22-42-30)16-14-24-7-11-28(12-8-24)32(36,37)38;11-9(12)15-5-7-3-1-2-4-8(7)6-16-10(13)14;1-8-2-4-9(5-3-8)6-7-10;;;/h1-12H,13-22H2,(H,39,40)(H,41,42);1-4H,5-6H2,(H3,11,12)(H3,13,14);2-5H,6-7,10H2,1H3;1H4;2*1H. The number of amidine groups is 4. The molecule has 75 heavy (non-hydrogen) atoms. The molecule has 2 aliphatic heterocycles. The Bertz CT molecular complexity index is 2390. The van der Waals surface area contributed by atoms with E-state index in [2.05, 4.69) is 73.7 Å². The van der Waals surface area contributed by atoms with E-state index < -0.39 is 23.5 Å².